The number of nitro benzene ring substituents is 1. The Hall–Kier alpha value is -2.19. The van der Waals surface area contributed by atoms with Gasteiger partial charge in [0.05, 0.1) is 16.1 Å². The van der Waals surface area contributed by atoms with Crippen LogP contribution in [-0.4, -0.2) is 47.0 Å². The first-order valence-corrected chi connectivity index (χ1v) is 6.24. The molecule has 1 unspecified atom stereocenters. The largest absolute Gasteiger partial charge is 0.478 e. The number of nitrogens with one attached hydrogen (secondary N) is 1. The van der Waals surface area contributed by atoms with E-state index < -0.39 is 16.5 Å². The Labute approximate surface area is 121 Å². The molecule has 0 heterocycles. The van der Waals surface area contributed by atoms with Gasteiger partial charge in [-0.3, -0.25) is 10.1 Å². The summed E-state index contributed by atoms with van der Waals surface area (Å²) in [5.41, 5.74) is -1.39. The Morgan fingerprint density at radius 3 is 2.71 bits per heavy atom. The van der Waals surface area contributed by atoms with Gasteiger partial charge in [0.1, 0.15) is 0 Å². The van der Waals surface area contributed by atoms with Gasteiger partial charge in [-0.05, 0) is 13.0 Å². The van der Waals surface area contributed by atoms with Crippen molar-refractivity contribution in [2.24, 2.45) is 0 Å². The Morgan fingerprint density at radius 1 is 1.52 bits per heavy atom. The molecule has 1 atom stereocenters. The number of carboxylic acids is 1. The molecule has 0 aliphatic carbocycles. The highest BCUT2D eigenvalue weighted by Gasteiger charge is 2.22. The van der Waals surface area contributed by atoms with Crippen LogP contribution in [0.4, 0.5) is 11.4 Å². The van der Waals surface area contributed by atoms with Crippen molar-refractivity contribution in [1.29, 1.82) is 0 Å². The second kappa shape index (κ2) is 7.00. The number of aliphatic hydroxyl groups is 1. The predicted molar refractivity (Wildman–Crippen MR) is 75.7 cm³/mol. The van der Waals surface area contributed by atoms with Crippen LogP contribution in [0.1, 0.15) is 23.7 Å². The van der Waals surface area contributed by atoms with Crippen molar-refractivity contribution in [3.8, 4) is 0 Å². The zero-order valence-corrected chi connectivity index (χ0v) is 11.8. The molecule has 0 saturated heterocycles. The van der Waals surface area contributed by atoms with Gasteiger partial charge in [-0.1, -0.05) is 0 Å². The van der Waals surface area contributed by atoms with Gasteiger partial charge >= 0.3 is 5.97 Å². The number of nitrogens with zero attached hydrogens (tertiary/aromatic N) is 1. The van der Waals surface area contributed by atoms with Crippen LogP contribution in [0.5, 0.6) is 0 Å². The molecule has 0 amide bonds. The van der Waals surface area contributed by atoms with Gasteiger partial charge in [0.15, 0.2) is 0 Å². The molecule has 0 bridgehead atoms. The van der Waals surface area contributed by atoms with Crippen LogP contribution in [0.25, 0.3) is 0 Å². The van der Waals surface area contributed by atoms with Crippen molar-refractivity contribution in [3.05, 3.63) is 33.9 Å². The van der Waals surface area contributed by atoms with E-state index in [0.29, 0.717) is 13.0 Å². The minimum atomic E-state index is -1.28. The molecule has 0 aromatic heterocycles. The number of hydrogen-bond donors (Lipinski definition) is 3. The minimum Gasteiger partial charge on any atom is -0.478 e. The van der Waals surface area contributed by atoms with Crippen LogP contribution in [0, 0.1) is 10.1 Å². The molecule has 1 aromatic rings. The van der Waals surface area contributed by atoms with Crippen molar-refractivity contribution in [2.75, 3.05) is 25.6 Å². The second-order valence-electron chi connectivity index (χ2n) is 4.89. The molecule has 0 aliphatic rings. The van der Waals surface area contributed by atoms with Gasteiger partial charge in [0.25, 0.3) is 5.69 Å². The summed E-state index contributed by atoms with van der Waals surface area (Å²) in [5, 5.41) is 32.6. The number of carboxylic acid groups (broad SMARTS) is 1. The van der Waals surface area contributed by atoms with Crippen LogP contribution in [0.3, 0.4) is 0 Å². The second-order valence-corrected chi connectivity index (χ2v) is 4.89. The Morgan fingerprint density at radius 2 is 2.19 bits per heavy atom. The number of nitro groups is 1. The first kappa shape index (κ1) is 16.9. The summed E-state index contributed by atoms with van der Waals surface area (Å²) in [6.07, 6.45) is 0.367. The third-order valence-electron chi connectivity index (χ3n) is 2.95. The standard InChI is InChI=1S/C13H18N2O6/c1-13(18,5-6-21-2)8-14-11-4-3-9(15(19)20)7-10(11)12(16)17/h3-4,7,14,18H,5-6,8H2,1-2H3,(H,16,17). The quantitative estimate of drug-likeness (QED) is 0.491. The van der Waals surface area contributed by atoms with Gasteiger partial charge in [0, 0.05) is 44.5 Å². The molecule has 0 saturated carbocycles. The Kier molecular flexibility index (Phi) is 5.62. The van der Waals surface area contributed by atoms with Crippen molar-refractivity contribution in [3.63, 3.8) is 0 Å². The van der Waals surface area contributed by atoms with E-state index in [1.807, 2.05) is 0 Å². The van der Waals surface area contributed by atoms with Crippen LogP contribution < -0.4 is 5.32 Å². The monoisotopic (exact) mass is 298 g/mol. The lowest BCUT2D eigenvalue weighted by molar-refractivity contribution is -0.384. The summed E-state index contributed by atoms with van der Waals surface area (Å²) >= 11 is 0. The average molecular weight is 298 g/mol. The maximum absolute atomic E-state index is 11.1. The van der Waals surface area contributed by atoms with Crippen molar-refractivity contribution >= 4 is 17.3 Å². The smallest absolute Gasteiger partial charge is 0.338 e. The normalized spacial score (nSPS) is 13.5. The van der Waals surface area contributed by atoms with E-state index >= 15 is 0 Å². The third-order valence-corrected chi connectivity index (χ3v) is 2.95. The molecule has 0 aliphatic heterocycles. The fourth-order valence-electron chi connectivity index (χ4n) is 1.67. The molecule has 8 heteroatoms. The molecule has 1 aromatic carbocycles. The summed E-state index contributed by atoms with van der Waals surface area (Å²) in [5.74, 6) is -1.28. The highest BCUT2D eigenvalue weighted by atomic mass is 16.6. The van der Waals surface area contributed by atoms with Gasteiger partial charge < -0.3 is 20.3 Å². The van der Waals surface area contributed by atoms with Crippen molar-refractivity contribution < 1.29 is 24.7 Å². The van der Waals surface area contributed by atoms with Gasteiger partial charge in [-0.15, -0.1) is 0 Å². The third kappa shape index (κ3) is 5.01. The number of anilines is 1. The molecule has 0 radical (unpaired) electrons. The topological polar surface area (TPSA) is 122 Å². The summed E-state index contributed by atoms with van der Waals surface area (Å²) in [6, 6.07) is 3.50. The molecular formula is C13H18N2O6. The number of hydrogen-bond acceptors (Lipinski definition) is 6. The molecule has 1 rings (SSSR count). The Bertz CT molecular complexity index is 529. The summed E-state index contributed by atoms with van der Waals surface area (Å²) in [7, 11) is 1.52. The SMILES string of the molecule is COCCC(C)(O)CNc1ccc([N+](=O)[O-])cc1C(=O)O. The average Bonchev–Trinajstić information content (AvgIpc) is 2.42. The number of methoxy groups -OCH3 is 1. The lowest BCUT2D eigenvalue weighted by Crippen LogP contribution is -2.35. The first-order chi connectivity index (χ1) is 9.76. The maximum Gasteiger partial charge on any atom is 0.338 e. The number of benzene rings is 1. The number of non-ortho nitro benzene ring substituents is 1. The molecule has 116 valence electrons. The number of carbonyl (C=O) groups is 1. The zero-order valence-electron chi connectivity index (χ0n) is 11.8. The van der Waals surface area contributed by atoms with E-state index in [4.69, 9.17) is 9.84 Å². The lowest BCUT2D eigenvalue weighted by Gasteiger charge is -2.24. The van der Waals surface area contributed by atoms with Crippen LogP contribution in [0.15, 0.2) is 18.2 Å². The zero-order chi connectivity index (χ0) is 16.0. The highest BCUT2D eigenvalue weighted by molar-refractivity contribution is 5.95. The van der Waals surface area contributed by atoms with E-state index in [-0.39, 0.29) is 23.5 Å². The van der Waals surface area contributed by atoms with Crippen molar-refractivity contribution in [1.82, 2.24) is 0 Å². The fraction of sp³-hybridized carbons (Fsp3) is 0.462. The van der Waals surface area contributed by atoms with E-state index in [1.54, 1.807) is 6.92 Å². The fourth-order valence-corrected chi connectivity index (χ4v) is 1.67. The van der Waals surface area contributed by atoms with Gasteiger partial charge in [0.2, 0.25) is 0 Å². The Balaban J connectivity index is 2.88. The molecular weight excluding hydrogens is 280 g/mol. The van der Waals surface area contributed by atoms with E-state index in [9.17, 15) is 20.0 Å². The van der Waals surface area contributed by atoms with E-state index in [0.717, 1.165) is 6.07 Å². The van der Waals surface area contributed by atoms with Crippen LogP contribution in [-0.2, 0) is 4.74 Å². The number of rotatable bonds is 8. The van der Waals surface area contributed by atoms with E-state index in [2.05, 4.69) is 5.32 Å². The molecule has 8 nitrogen and oxygen atoms in total. The summed E-state index contributed by atoms with van der Waals surface area (Å²) in [4.78, 5) is 21.1. The number of ether oxygens (including phenoxy) is 1. The molecule has 21 heavy (non-hydrogen) atoms. The molecule has 0 fully saturated rings. The van der Waals surface area contributed by atoms with Crippen LogP contribution >= 0.6 is 0 Å². The number of aromatic carboxylic acids is 1. The van der Waals surface area contributed by atoms with Crippen molar-refractivity contribution in [2.45, 2.75) is 18.9 Å². The minimum absolute atomic E-state index is 0.0917. The van der Waals surface area contributed by atoms with Crippen LogP contribution in [0.2, 0.25) is 0 Å². The van der Waals surface area contributed by atoms with Gasteiger partial charge in [-0.2, -0.15) is 0 Å². The van der Waals surface area contributed by atoms with Gasteiger partial charge in [-0.25, -0.2) is 4.79 Å². The highest BCUT2D eigenvalue weighted by Crippen LogP contribution is 2.23. The maximum atomic E-state index is 11.1. The predicted octanol–water partition coefficient (Wildman–Crippen LogP) is 1.49. The molecule has 3 N–H and O–H groups in total. The summed E-state index contributed by atoms with van der Waals surface area (Å²) < 4.78 is 4.88. The van der Waals surface area contributed by atoms with E-state index in [1.165, 1.54) is 19.2 Å². The first-order valence-electron chi connectivity index (χ1n) is 6.24. The lowest BCUT2D eigenvalue weighted by atomic mass is 10.0. The summed E-state index contributed by atoms with van der Waals surface area (Å²) in [6.45, 7) is 2.04. The molecule has 0 spiro atoms.